The first kappa shape index (κ1) is 22.5. The van der Waals surface area contributed by atoms with E-state index in [1.807, 2.05) is 37.3 Å². The number of carbonyl (C=O) groups excluding carboxylic acids is 1. The van der Waals surface area contributed by atoms with Crippen LogP contribution in [-0.2, 0) is 14.8 Å². The van der Waals surface area contributed by atoms with E-state index >= 15 is 0 Å². The van der Waals surface area contributed by atoms with Crippen LogP contribution in [-0.4, -0.2) is 31.7 Å². The van der Waals surface area contributed by atoms with Crippen molar-refractivity contribution in [3.05, 3.63) is 90.0 Å². The molecule has 0 unspecified atom stereocenters. The van der Waals surface area contributed by atoms with Crippen molar-refractivity contribution in [2.75, 3.05) is 11.3 Å². The molecule has 0 fully saturated rings. The fourth-order valence-corrected chi connectivity index (χ4v) is 4.90. The van der Waals surface area contributed by atoms with Crippen molar-refractivity contribution < 1.29 is 17.9 Å². The molecule has 0 saturated carbocycles. The predicted octanol–water partition coefficient (Wildman–Crippen LogP) is 4.58. The molecular formula is C25H25N3O4S. The smallest absolute Gasteiger partial charge is 0.261 e. The number of anilines is 1. The third-order valence-electron chi connectivity index (χ3n) is 5.34. The average molecular weight is 464 g/mol. The number of para-hydroxylation sites is 1. The molecule has 170 valence electrons. The zero-order chi connectivity index (χ0) is 23.4. The average Bonchev–Trinajstić information content (AvgIpc) is 3.26. The highest BCUT2D eigenvalue weighted by Crippen LogP contribution is 2.35. The number of amides is 1. The number of rotatable bonds is 7. The normalized spacial score (nSPS) is 15.8. The number of carbonyl (C=O) groups is 1. The van der Waals surface area contributed by atoms with E-state index < -0.39 is 10.0 Å². The summed E-state index contributed by atoms with van der Waals surface area (Å²) >= 11 is 0. The van der Waals surface area contributed by atoms with Crippen molar-refractivity contribution >= 4 is 27.3 Å². The molecule has 0 radical (unpaired) electrons. The molecule has 0 aromatic heterocycles. The van der Waals surface area contributed by atoms with Crippen molar-refractivity contribution in [3.63, 3.8) is 0 Å². The van der Waals surface area contributed by atoms with Gasteiger partial charge in [0, 0.05) is 18.9 Å². The van der Waals surface area contributed by atoms with Crippen LogP contribution in [0.1, 0.15) is 37.4 Å². The summed E-state index contributed by atoms with van der Waals surface area (Å²) in [5.41, 5.74) is 2.61. The molecule has 33 heavy (non-hydrogen) atoms. The van der Waals surface area contributed by atoms with E-state index in [1.54, 1.807) is 36.4 Å². The molecule has 1 aliphatic rings. The maximum absolute atomic E-state index is 12.9. The van der Waals surface area contributed by atoms with Gasteiger partial charge in [0.1, 0.15) is 5.75 Å². The number of benzene rings is 3. The standard InChI is InChI=1S/C25H25N3O4S/c1-3-32-20-15-13-19(14-16-20)25-17-24(26-28(25)18(2)29)22-11-7-8-12-23(22)27-33(30,31)21-9-5-4-6-10-21/h4-16,25,27H,3,17H2,1-2H3/t25-/m1/s1. The van der Waals surface area contributed by atoms with E-state index in [0.29, 0.717) is 30.0 Å². The van der Waals surface area contributed by atoms with Gasteiger partial charge in [-0.25, -0.2) is 13.4 Å². The quantitative estimate of drug-likeness (QED) is 0.555. The molecule has 0 aliphatic carbocycles. The van der Waals surface area contributed by atoms with E-state index in [2.05, 4.69) is 9.82 Å². The van der Waals surface area contributed by atoms with Gasteiger partial charge in [0.25, 0.3) is 10.0 Å². The SMILES string of the molecule is CCOc1ccc([C@H]2CC(c3ccccc3NS(=O)(=O)c3ccccc3)=NN2C(C)=O)cc1. The summed E-state index contributed by atoms with van der Waals surface area (Å²) in [6.45, 7) is 3.97. The molecule has 8 heteroatoms. The first-order chi connectivity index (χ1) is 15.9. The predicted molar refractivity (Wildman–Crippen MR) is 128 cm³/mol. The second kappa shape index (κ2) is 9.46. The lowest BCUT2D eigenvalue weighted by atomic mass is 9.97. The van der Waals surface area contributed by atoms with Gasteiger partial charge in [-0.05, 0) is 42.8 Å². The van der Waals surface area contributed by atoms with Gasteiger partial charge in [0.2, 0.25) is 5.91 Å². The van der Waals surface area contributed by atoms with Gasteiger partial charge >= 0.3 is 0 Å². The molecule has 1 aliphatic heterocycles. The number of hydrogen-bond acceptors (Lipinski definition) is 5. The summed E-state index contributed by atoms with van der Waals surface area (Å²) in [4.78, 5) is 12.5. The highest BCUT2D eigenvalue weighted by molar-refractivity contribution is 7.92. The molecule has 1 atom stereocenters. The van der Waals surface area contributed by atoms with Crippen LogP contribution in [0, 0.1) is 0 Å². The van der Waals surface area contributed by atoms with Crippen molar-refractivity contribution in [3.8, 4) is 5.75 Å². The number of hydrazone groups is 1. The summed E-state index contributed by atoms with van der Waals surface area (Å²) in [5.74, 6) is 0.571. The van der Waals surface area contributed by atoms with Crippen LogP contribution in [0.4, 0.5) is 5.69 Å². The van der Waals surface area contributed by atoms with E-state index in [1.165, 1.54) is 24.1 Å². The summed E-state index contributed by atoms with van der Waals surface area (Å²) < 4.78 is 34.0. The Labute approximate surface area is 193 Å². The second-order valence-corrected chi connectivity index (χ2v) is 9.28. The first-order valence-corrected chi connectivity index (χ1v) is 12.1. The Morgan fingerprint density at radius 2 is 1.70 bits per heavy atom. The lowest BCUT2D eigenvalue weighted by molar-refractivity contribution is -0.130. The Kier molecular flexibility index (Phi) is 6.46. The number of hydrogen-bond donors (Lipinski definition) is 1. The zero-order valence-corrected chi connectivity index (χ0v) is 19.2. The van der Waals surface area contributed by atoms with E-state index in [9.17, 15) is 13.2 Å². The van der Waals surface area contributed by atoms with Gasteiger partial charge in [-0.1, -0.05) is 48.5 Å². The molecule has 1 N–H and O–H groups in total. The van der Waals surface area contributed by atoms with Crippen LogP contribution in [0.25, 0.3) is 0 Å². The summed E-state index contributed by atoms with van der Waals surface area (Å²) in [6.07, 6.45) is 0.456. The van der Waals surface area contributed by atoms with E-state index in [4.69, 9.17) is 4.74 Å². The van der Waals surface area contributed by atoms with Gasteiger partial charge in [-0.3, -0.25) is 9.52 Å². The van der Waals surface area contributed by atoms with Gasteiger partial charge in [-0.2, -0.15) is 5.10 Å². The summed E-state index contributed by atoms with van der Waals surface area (Å²) in [7, 11) is -3.77. The minimum atomic E-state index is -3.77. The Hall–Kier alpha value is -3.65. The molecule has 0 spiro atoms. The van der Waals surface area contributed by atoms with Gasteiger partial charge in [-0.15, -0.1) is 0 Å². The van der Waals surface area contributed by atoms with Crippen LogP contribution in [0.5, 0.6) is 5.75 Å². The Balaban J connectivity index is 1.64. The number of nitrogens with zero attached hydrogens (tertiary/aromatic N) is 2. The van der Waals surface area contributed by atoms with Crippen LogP contribution in [0.15, 0.2) is 88.9 Å². The minimum Gasteiger partial charge on any atom is -0.494 e. The third-order valence-corrected chi connectivity index (χ3v) is 6.73. The number of nitrogens with one attached hydrogen (secondary N) is 1. The monoisotopic (exact) mass is 463 g/mol. The Morgan fingerprint density at radius 1 is 1.03 bits per heavy atom. The zero-order valence-electron chi connectivity index (χ0n) is 18.4. The largest absolute Gasteiger partial charge is 0.494 e. The van der Waals surface area contributed by atoms with Crippen LogP contribution >= 0.6 is 0 Å². The molecule has 1 amide bonds. The maximum Gasteiger partial charge on any atom is 0.261 e. The first-order valence-electron chi connectivity index (χ1n) is 10.7. The summed E-state index contributed by atoms with van der Waals surface area (Å²) in [6, 6.07) is 22.6. The van der Waals surface area contributed by atoms with Gasteiger partial charge in [0.15, 0.2) is 0 Å². The number of ether oxygens (including phenoxy) is 1. The second-order valence-electron chi connectivity index (χ2n) is 7.60. The Morgan fingerprint density at radius 3 is 2.36 bits per heavy atom. The molecule has 1 heterocycles. The van der Waals surface area contributed by atoms with E-state index in [-0.39, 0.29) is 16.8 Å². The fourth-order valence-electron chi connectivity index (χ4n) is 3.80. The topological polar surface area (TPSA) is 88.1 Å². The van der Waals surface area contributed by atoms with Crippen molar-refractivity contribution in [2.24, 2.45) is 5.10 Å². The lowest BCUT2D eigenvalue weighted by Gasteiger charge is -2.20. The molecular weight excluding hydrogens is 438 g/mol. The van der Waals surface area contributed by atoms with Gasteiger partial charge < -0.3 is 4.74 Å². The molecule has 0 saturated heterocycles. The fraction of sp³-hybridized carbons (Fsp3) is 0.200. The van der Waals surface area contributed by atoms with Crippen molar-refractivity contribution in [1.29, 1.82) is 0 Å². The molecule has 7 nitrogen and oxygen atoms in total. The Bertz CT molecular complexity index is 1270. The highest BCUT2D eigenvalue weighted by Gasteiger charge is 2.32. The third kappa shape index (κ3) is 4.90. The summed E-state index contributed by atoms with van der Waals surface area (Å²) in [5, 5.41) is 6.02. The minimum absolute atomic E-state index is 0.172. The van der Waals surface area contributed by atoms with Crippen LogP contribution in [0.2, 0.25) is 0 Å². The lowest BCUT2D eigenvalue weighted by Crippen LogP contribution is -2.24. The van der Waals surface area contributed by atoms with Crippen molar-refractivity contribution in [2.45, 2.75) is 31.2 Å². The molecule has 3 aromatic carbocycles. The van der Waals surface area contributed by atoms with Gasteiger partial charge in [0.05, 0.1) is 28.9 Å². The van der Waals surface area contributed by atoms with Crippen LogP contribution in [0.3, 0.4) is 0 Å². The molecule has 4 rings (SSSR count). The highest BCUT2D eigenvalue weighted by atomic mass is 32.2. The van der Waals surface area contributed by atoms with Crippen LogP contribution < -0.4 is 9.46 Å². The van der Waals surface area contributed by atoms with Crippen molar-refractivity contribution in [1.82, 2.24) is 5.01 Å². The molecule has 3 aromatic rings. The maximum atomic E-state index is 12.9. The molecule has 0 bridgehead atoms. The number of sulfonamides is 1. The van der Waals surface area contributed by atoms with E-state index in [0.717, 1.165) is 11.3 Å².